The molecule has 0 aliphatic heterocycles. The van der Waals surface area contributed by atoms with Gasteiger partial charge in [-0.15, -0.1) is 12.3 Å². The van der Waals surface area contributed by atoms with Crippen molar-refractivity contribution in [3.8, 4) is 18.1 Å². The molecule has 1 aromatic carbocycles. The van der Waals surface area contributed by atoms with Gasteiger partial charge in [-0.05, 0) is 85.5 Å². The highest BCUT2D eigenvalue weighted by atomic mass is 16.3. The van der Waals surface area contributed by atoms with Crippen LogP contribution in [0, 0.1) is 36.0 Å². The largest absolute Gasteiger partial charge is 0.508 e. The van der Waals surface area contributed by atoms with Gasteiger partial charge in [0.15, 0.2) is 0 Å². The van der Waals surface area contributed by atoms with Gasteiger partial charge in [0.1, 0.15) is 5.75 Å². The number of phenolic OH excluding ortho intramolecular Hbond substituents is 1. The number of rotatable bonds is 0. The van der Waals surface area contributed by atoms with Gasteiger partial charge < -0.3 is 5.11 Å². The summed E-state index contributed by atoms with van der Waals surface area (Å²) in [5, 5.41) is 9.68. The topological polar surface area (TPSA) is 20.2 Å². The Kier molecular flexibility index (Phi) is 2.81. The quantitative estimate of drug-likeness (QED) is 0.701. The summed E-state index contributed by atoms with van der Waals surface area (Å²) >= 11 is 0. The van der Waals surface area contributed by atoms with Gasteiger partial charge in [0.2, 0.25) is 0 Å². The van der Waals surface area contributed by atoms with Crippen LogP contribution in [0.3, 0.4) is 0 Å². The zero-order chi connectivity index (χ0) is 13.7. The molecule has 3 aliphatic rings. The molecule has 2 fully saturated rings. The van der Waals surface area contributed by atoms with Crippen molar-refractivity contribution in [2.24, 2.45) is 23.7 Å². The van der Waals surface area contributed by atoms with Gasteiger partial charge in [-0.25, -0.2) is 0 Å². The van der Waals surface area contributed by atoms with E-state index in [1.165, 1.54) is 43.2 Å². The van der Waals surface area contributed by atoms with Gasteiger partial charge in [-0.2, -0.15) is 0 Å². The number of aryl methyl sites for hydroxylation is 1. The Bertz CT molecular complexity index is 568. The molecule has 0 heterocycles. The molecule has 5 atom stereocenters. The number of hydrogen-bond acceptors (Lipinski definition) is 1. The van der Waals surface area contributed by atoms with E-state index in [2.05, 4.69) is 12.0 Å². The molecular formula is C19H22O. The van der Waals surface area contributed by atoms with Gasteiger partial charge >= 0.3 is 0 Å². The fraction of sp³-hybridized carbons (Fsp3) is 0.579. The highest BCUT2D eigenvalue weighted by molar-refractivity contribution is 5.40. The van der Waals surface area contributed by atoms with Crippen molar-refractivity contribution in [1.29, 1.82) is 0 Å². The summed E-state index contributed by atoms with van der Waals surface area (Å²) in [4.78, 5) is 0. The molecule has 0 aromatic heterocycles. The summed E-state index contributed by atoms with van der Waals surface area (Å²) in [6.45, 7) is 0. The highest BCUT2D eigenvalue weighted by Crippen LogP contribution is 2.56. The van der Waals surface area contributed by atoms with Crippen molar-refractivity contribution in [2.75, 3.05) is 0 Å². The van der Waals surface area contributed by atoms with Crippen molar-refractivity contribution in [3.63, 3.8) is 0 Å². The zero-order valence-corrected chi connectivity index (χ0v) is 11.9. The van der Waals surface area contributed by atoms with E-state index < -0.39 is 0 Å². The molecule has 20 heavy (non-hydrogen) atoms. The predicted molar refractivity (Wildman–Crippen MR) is 80.4 cm³/mol. The molecule has 1 aromatic rings. The fourth-order valence-electron chi connectivity index (χ4n) is 5.43. The Hall–Kier alpha value is -1.42. The number of aromatic hydroxyl groups is 1. The Morgan fingerprint density at radius 1 is 1.00 bits per heavy atom. The fourth-order valence-corrected chi connectivity index (χ4v) is 5.43. The standard InChI is InChI=1S/C19H22O/c1-2-12-3-6-17-15(12)9-10-18-16-8-5-14(20)11-13(16)4-7-19(17)18/h1,5,8,11-12,15,17-20H,3-4,6-7,9-10H2. The monoisotopic (exact) mass is 266 g/mol. The van der Waals surface area contributed by atoms with Crippen molar-refractivity contribution in [2.45, 2.75) is 44.4 Å². The van der Waals surface area contributed by atoms with Crippen molar-refractivity contribution in [3.05, 3.63) is 29.3 Å². The molecule has 1 heteroatoms. The summed E-state index contributed by atoms with van der Waals surface area (Å²) < 4.78 is 0. The second-order valence-corrected chi connectivity index (χ2v) is 6.95. The molecule has 0 bridgehead atoms. The maximum absolute atomic E-state index is 9.68. The minimum Gasteiger partial charge on any atom is -0.508 e. The van der Waals surface area contributed by atoms with Crippen LogP contribution in [0.5, 0.6) is 5.75 Å². The van der Waals surface area contributed by atoms with Crippen LogP contribution in [-0.4, -0.2) is 5.11 Å². The third-order valence-electron chi connectivity index (χ3n) is 6.24. The highest BCUT2D eigenvalue weighted by Gasteiger charge is 2.47. The smallest absolute Gasteiger partial charge is 0.115 e. The molecule has 1 N–H and O–H groups in total. The Balaban J connectivity index is 1.67. The van der Waals surface area contributed by atoms with Crippen LogP contribution in [0.2, 0.25) is 0 Å². The van der Waals surface area contributed by atoms with Crippen LogP contribution in [0.25, 0.3) is 0 Å². The summed E-state index contributed by atoms with van der Waals surface area (Å²) in [7, 11) is 0. The Labute approximate surface area is 121 Å². The van der Waals surface area contributed by atoms with E-state index in [0.29, 0.717) is 11.7 Å². The lowest BCUT2D eigenvalue weighted by molar-refractivity contribution is 0.126. The summed E-state index contributed by atoms with van der Waals surface area (Å²) in [6, 6.07) is 6.03. The van der Waals surface area contributed by atoms with Crippen molar-refractivity contribution >= 4 is 0 Å². The first-order valence-electron chi connectivity index (χ1n) is 8.06. The van der Waals surface area contributed by atoms with Crippen molar-refractivity contribution < 1.29 is 5.11 Å². The lowest BCUT2D eigenvalue weighted by atomic mass is 9.60. The molecule has 4 rings (SSSR count). The van der Waals surface area contributed by atoms with Gasteiger partial charge in [-0.1, -0.05) is 6.07 Å². The Morgan fingerprint density at radius 2 is 1.85 bits per heavy atom. The minimum absolute atomic E-state index is 0.421. The third kappa shape index (κ3) is 1.71. The lowest BCUT2D eigenvalue weighted by Gasteiger charge is -2.44. The molecular weight excluding hydrogens is 244 g/mol. The first-order valence-corrected chi connectivity index (χ1v) is 8.06. The first-order chi connectivity index (χ1) is 9.78. The lowest BCUT2D eigenvalue weighted by Crippen LogP contribution is -2.35. The third-order valence-corrected chi connectivity index (χ3v) is 6.24. The molecule has 0 amide bonds. The van der Waals surface area contributed by atoms with Crippen LogP contribution in [0.4, 0.5) is 0 Å². The van der Waals surface area contributed by atoms with E-state index in [9.17, 15) is 5.11 Å². The normalized spacial score (nSPS) is 38.5. The average molecular weight is 266 g/mol. The first kappa shape index (κ1) is 12.3. The maximum Gasteiger partial charge on any atom is 0.115 e. The molecule has 5 unspecified atom stereocenters. The number of hydrogen-bond donors (Lipinski definition) is 1. The molecule has 2 saturated carbocycles. The SMILES string of the molecule is C#CC1CCC2C1CCC1c3ccc(O)cc3CCC12. The zero-order valence-electron chi connectivity index (χ0n) is 11.9. The van der Waals surface area contributed by atoms with E-state index in [0.717, 1.165) is 30.1 Å². The molecule has 0 radical (unpaired) electrons. The van der Waals surface area contributed by atoms with Gasteiger partial charge in [0.25, 0.3) is 0 Å². The number of benzene rings is 1. The minimum atomic E-state index is 0.421. The molecule has 0 saturated heterocycles. The molecule has 3 aliphatic carbocycles. The second-order valence-electron chi connectivity index (χ2n) is 6.95. The van der Waals surface area contributed by atoms with Gasteiger partial charge in [0.05, 0.1) is 0 Å². The summed E-state index contributed by atoms with van der Waals surface area (Å²) in [5.41, 5.74) is 2.90. The van der Waals surface area contributed by atoms with E-state index in [1.807, 2.05) is 12.1 Å². The van der Waals surface area contributed by atoms with Crippen LogP contribution in [-0.2, 0) is 6.42 Å². The maximum atomic E-state index is 9.68. The van der Waals surface area contributed by atoms with Crippen LogP contribution in [0.1, 0.15) is 49.1 Å². The van der Waals surface area contributed by atoms with Gasteiger partial charge in [0, 0.05) is 5.92 Å². The van der Waals surface area contributed by atoms with E-state index in [1.54, 1.807) is 0 Å². The van der Waals surface area contributed by atoms with Crippen LogP contribution in [0.15, 0.2) is 18.2 Å². The summed E-state index contributed by atoms with van der Waals surface area (Å²) in [5.74, 6) is 7.22. The predicted octanol–water partition coefficient (Wildman–Crippen LogP) is 4.11. The molecule has 104 valence electrons. The summed E-state index contributed by atoms with van der Waals surface area (Å²) in [6.07, 6.45) is 13.3. The molecule has 0 spiro atoms. The number of fused-ring (bicyclic) bond motifs is 5. The van der Waals surface area contributed by atoms with E-state index in [4.69, 9.17) is 6.42 Å². The van der Waals surface area contributed by atoms with Crippen molar-refractivity contribution in [1.82, 2.24) is 0 Å². The number of phenols is 1. The van der Waals surface area contributed by atoms with Crippen LogP contribution < -0.4 is 0 Å². The second kappa shape index (κ2) is 4.55. The van der Waals surface area contributed by atoms with Gasteiger partial charge in [-0.3, -0.25) is 0 Å². The molecule has 1 nitrogen and oxygen atoms in total. The van der Waals surface area contributed by atoms with E-state index >= 15 is 0 Å². The van der Waals surface area contributed by atoms with E-state index in [-0.39, 0.29) is 0 Å². The average Bonchev–Trinajstić information content (AvgIpc) is 2.89. The Morgan fingerprint density at radius 3 is 2.70 bits per heavy atom. The number of terminal acetylenes is 1. The van der Waals surface area contributed by atoms with Crippen LogP contribution >= 0.6 is 0 Å².